The first-order chi connectivity index (χ1) is 6.71. The highest BCUT2D eigenvalue weighted by Gasteiger charge is 2.07. The predicted octanol–water partition coefficient (Wildman–Crippen LogP) is 2.81. The van der Waals surface area contributed by atoms with Crippen LogP contribution in [0, 0.1) is 0 Å². The number of rotatable bonds is 5. The van der Waals surface area contributed by atoms with E-state index in [1.54, 1.807) is 11.3 Å². The minimum absolute atomic E-state index is 0.628. The number of hydrogen-bond acceptors (Lipinski definition) is 3. The second-order valence-electron chi connectivity index (χ2n) is 3.15. The van der Waals surface area contributed by atoms with Gasteiger partial charge in [0, 0.05) is 27.3 Å². The van der Waals surface area contributed by atoms with Crippen LogP contribution in [0.5, 0.6) is 0 Å². The van der Waals surface area contributed by atoms with Crippen LogP contribution in [0.1, 0.15) is 23.6 Å². The van der Waals surface area contributed by atoms with Crippen LogP contribution in [0.25, 0.3) is 0 Å². The number of hydrogen-bond donors (Lipinski definition) is 1. The standard InChI is InChI=1S/C10H17BrN2S/c1-3-13(4-2)7-8-5-9(11)10(6-12)14-8/h5H,3-4,6-7,12H2,1-2H3. The Hall–Kier alpha value is 0.1000. The molecule has 0 spiro atoms. The van der Waals surface area contributed by atoms with Crippen molar-refractivity contribution < 1.29 is 0 Å². The van der Waals surface area contributed by atoms with Crippen molar-refractivity contribution in [2.45, 2.75) is 26.9 Å². The fraction of sp³-hybridized carbons (Fsp3) is 0.600. The highest BCUT2D eigenvalue weighted by atomic mass is 79.9. The van der Waals surface area contributed by atoms with E-state index in [-0.39, 0.29) is 0 Å². The molecule has 0 bridgehead atoms. The molecule has 80 valence electrons. The molecule has 0 radical (unpaired) electrons. The molecule has 0 aliphatic carbocycles. The van der Waals surface area contributed by atoms with E-state index in [1.807, 2.05) is 0 Å². The summed E-state index contributed by atoms with van der Waals surface area (Å²) in [5.41, 5.74) is 5.63. The third-order valence-corrected chi connectivity index (χ3v) is 4.38. The maximum absolute atomic E-state index is 5.63. The molecular formula is C10H17BrN2S. The van der Waals surface area contributed by atoms with Gasteiger partial charge in [0.25, 0.3) is 0 Å². The molecule has 0 amide bonds. The van der Waals surface area contributed by atoms with Gasteiger partial charge in [-0.3, -0.25) is 4.90 Å². The minimum atomic E-state index is 0.628. The van der Waals surface area contributed by atoms with Crippen molar-refractivity contribution in [2.75, 3.05) is 13.1 Å². The largest absolute Gasteiger partial charge is 0.326 e. The topological polar surface area (TPSA) is 29.3 Å². The van der Waals surface area contributed by atoms with Gasteiger partial charge in [-0.25, -0.2) is 0 Å². The summed E-state index contributed by atoms with van der Waals surface area (Å²) in [6.45, 7) is 8.25. The summed E-state index contributed by atoms with van der Waals surface area (Å²) in [5, 5.41) is 0. The van der Waals surface area contributed by atoms with Crippen LogP contribution < -0.4 is 5.73 Å². The molecule has 4 heteroatoms. The smallest absolute Gasteiger partial charge is 0.0330 e. The Kier molecular flexibility index (Phi) is 5.09. The summed E-state index contributed by atoms with van der Waals surface area (Å²) in [5.74, 6) is 0. The lowest BCUT2D eigenvalue weighted by molar-refractivity contribution is 0.298. The zero-order valence-corrected chi connectivity index (χ0v) is 11.1. The van der Waals surface area contributed by atoms with Crippen molar-refractivity contribution in [1.29, 1.82) is 0 Å². The van der Waals surface area contributed by atoms with E-state index in [1.165, 1.54) is 9.75 Å². The zero-order chi connectivity index (χ0) is 10.6. The van der Waals surface area contributed by atoms with Crippen LogP contribution in [0.3, 0.4) is 0 Å². The quantitative estimate of drug-likeness (QED) is 0.896. The molecule has 14 heavy (non-hydrogen) atoms. The first kappa shape index (κ1) is 12.2. The average Bonchev–Trinajstić information content (AvgIpc) is 2.55. The molecule has 2 nitrogen and oxygen atoms in total. The van der Waals surface area contributed by atoms with Crippen molar-refractivity contribution in [3.63, 3.8) is 0 Å². The van der Waals surface area contributed by atoms with E-state index in [4.69, 9.17) is 5.73 Å². The first-order valence-corrected chi connectivity index (χ1v) is 6.51. The summed E-state index contributed by atoms with van der Waals surface area (Å²) < 4.78 is 1.16. The number of thiophene rings is 1. The predicted molar refractivity (Wildman–Crippen MR) is 66.5 cm³/mol. The second-order valence-corrected chi connectivity index (χ2v) is 5.22. The van der Waals surface area contributed by atoms with Crippen LogP contribution in [0.2, 0.25) is 0 Å². The number of halogens is 1. The fourth-order valence-electron chi connectivity index (χ4n) is 1.34. The summed E-state index contributed by atoms with van der Waals surface area (Å²) >= 11 is 5.33. The molecule has 1 aromatic heterocycles. The summed E-state index contributed by atoms with van der Waals surface area (Å²) in [6, 6.07) is 2.19. The molecular weight excluding hydrogens is 260 g/mol. The summed E-state index contributed by atoms with van der Waals surface area (Å²) in [7, 11) is 0. The van der Waals surface area contributed by atoms with Gasteiger partial charge >= 0.3 is 0 Å². The highest BCUT2D eigenvalue weighted by molar-refractivity contribution is 9.10. The van der Waals surface area contributed by atoms with Gasteiger partial charge in [0.05, 0.1) is 0 Å². The number of nitrogens with zero attached hydrogens (tertiary/aromatic N) is 1. The molecule has 0 atom stereocenters. The molecule has 0 aliphatic rings. The van der Waals surface area contributed by atoms with E-state index in [9.17, 15) is 0 Å². The molecule has 0 saturated heterocycles. The maximum Gasteiger partial charge on any atom is 0.0330 e. The van der Waals surface area contributed by atoms with E-state index >= 15 is 0 Å². The maximum atomic E-state index is 5.63. The van der Waals surface area contributed by atoms with Crippen molar-refractivity contribution >= 4 is 27.3 Å². The zero-order valence-electron chi connectivity index (χ0n) is 8.72. The molecule has 2 N–H and O–H groups in total. The van der Waals surface area contributed by atoms with Crippen LogP contribution in [0.15, 0.2) is 10.5 Å². The third-order valence-electron chi connectivity index (χ3n) is 2.27. The van der Waals surface area contributed by atoms with Gasteiger partial charge in [-0.05, 0) is 35.1 Å². The Labute approximate surface area is 98.2 Å². The second kappa shape index (κ2) is 5.85. The third kappa shape index (κ3) is 3.05. The van der Waals surface area contributed by atoms with Gasteiger partial charge in [0.15, 0.2) is 0 Å². The van der Waals surface area contributed by atoms with Crippen LogP contribution in [-0.4, -0.2) is 18.0 Å². The lowest BCUT2D eigenvalue weighted by atomic mass is 10.4. The van der Waals surface area contributed by atoms with Crippen molar-refractivity contribution in [2.24, 2.45) is 5.73 Å². The van der Waals surface area contributed by atoms with Crippen molar-refractivity contribution in [1.82, 2.24) is 4.90 Å². The molecule has 1 rings (SSSR count). The van der Waals surface area contributed by atoms with Gasteiger partial charge in [-0.15, -0.1) is 11.3 Å². The lowest BCUT2D eigenvalue weighted by Gasteiger charge is -2.16. The van der Waals surface area contributed by atoms with E-state index in [0.29, 0.717) is 6.54 Å². The van der Waals surface area contributed by atoms with Crippen LogP contribution >= 0.6 is 27.3 Å². The van der Waals surface area contributed by atoms with Crippen molar-refractivity contribution in [3.8, 4) is 0 Å². The minimum Gasteiger partial charge on any atom is -0.326 e. The summed E-state index contributed by atoms with van der Waals surface area (Å²) in [6.07, 6.45) is 0. The first-order valence-electron chi connectivity index (χ1n) is 4.90. The van der Waals surface area contributed by atoms with Crippen molar-refractivity contribution in [3.05, 3.63) is 20.3 Å². The van der Waals surface area contributed by atoms with E-state index in [2.05, 4.69) is 40.7 Å². The summed E-state index contributed by atoms with van der Waals surface area (Å²) in [4.78, 5) is 5.03. The molecule has 1 heterocycles. The monoisotopic (exact) mass is 276 g/mol. The Morgan fingerprint density at radius 1 is 1.43 bits per heavy atom. The van der Waals surface area contributed by atoms with E-state index < -0.39 is 0 Å². The lowest BCUT2D eigenvalue weighted by Crippen LogP contribution is -2.21. The highest BCUT2D eigenvalue weighted by Crippen LogP contribution is 2.27. The van der Waals surface area contributed by atoms with Gasteiger partial charge in [0.2, 0.25) is 0 Å². The van der Waals surface area contributed by atoms with Gasteiger partial charge in [0.1, 0.15) is 0 Å². The molecule has 1 aromatic rings. The SMILES string of the molecule is CCN(CC)Cc1cc(Br)c(CN)s1. The molecule has 0 aliphatic heterocycles. The Morgan fingerprint density at radius 3 is 2.50 bits per heavy atom. The van der Waals surface area contributed by atoms with Crippen LogP contribution in [0.4, 0.5) is 0 Å². The van der Waals surface area contributed by atoms with Crippen LogP contribution in [-0.2, 0) is 13.1 Å². The molecule has 0 fully saturated rings. The van der Waals surface area contributed by atoms with E-state index in [0.717, 1.165) is 24.1 Å². The Bertz CT molecular complexity index is 282. The fourth-order valence-corrected chi connectivity index (χ4v) is 3.16. The molecule has 0 aromatic carbocycles. The average molecular weight is 277 g/mol. The normalized spacial score (nSPS) is 11.2. The van der Waals surface area contributed by atoms with Gasteiger partial charge < -0.3 is 5.73 Å². The molecule has 0 unspecified atom stereocenters. The van der Waals surface area contributed by atoms with Gasteiger partial charge in [-0.2, -0.15) is 0 Å². The molecule has 0 saturated carbocycles. The Balaban J connectivity index is 2.67. The number of nitrogens with two attached hydrogens (primary N) is 1. The van der Waals surface area contributed by atoms with Gasteiger partial charge in [-0.1, -0.05) is 13.8 Å². The Morgan fingerprint density at radius 2 is 2.07 bits per heavy atom.